The first-order valence-corrected chi connectivity index (χ1v) is 7.03. The first kappa shape index (κ1) is 14.2. The van der Waals surface area contributed by atoms with Gasteiger partial charge in [-0.3, -0.25) is 0 Å². The summed E-state index contributed by atoms with van der Waals surface area (Å²) in [5, 5.41) is 9.96. The van der Waals surface area contributed by atoms with Gasteiger partial charge in [0.25, 0.3) is 0 Å². The summed E-state index contributed by atoms with van der Waals surface area (Å²) in [5.74, 6) is 0. The van der Waals surface area contributed by atoms with Crippen LogP contribution in [0.25, 0.3) is 0 Å². The Balaban J connectivity index is 2.78. The number of aliphatic hydroxyl groups excluding tert-OH is 1. The van der Waals surface area contributed by atoms with Gasteiger partial charge < -0.3 is 10.8 Å². The molecule has 2 atom stereocenters. The first-order valence-electron chi connectivity index (χ1n) is 5.44. The van der Waals surface area contributed by atoms with Crippen LogP contribution in [0.5, 0.6) is 0 Å². The summed E-state index contributed by atoms with van der Waals surface area (Å²) in [7, 11) is 0. The second-order valence-corrected chi connectivity index (χ2v) is 5.67. The molecule has 0 radical (unpaired) electrons. The van der Waals surface area contributed by atoms with E-state index in [0.29, 0.717) is 0 Å². The minimum absolute atomic E-state index is 0.335. The third-order valence-corrected chi connectivity index (χ3v) is 3.80. The van der Waals surface area contributed by atoms with Crippen LogP contribution in [-0.4, -0.2) is 11.2 Å². The summed E-state index contributed by atoms with van der Waals surface area (Å²) in [6.45, 7) is 2.10. The van der Waals surface area contributed by atoms with Crippen molar-refractivity contribution < 1.29 is 5.11 Å². The maximum atomic E-state index is 9.96. The normalized spacial score (nSPS) is 14.8. The average Bonchev–Trinajstić information content (AvgIpc) is 2.28. The summed E-state index contributed by atoms with van der Waals surface area (Å²) < 4.78 is 1.92. The van der Waals surface area contributed by atoms with Crippen LogP contribution >= 0.6 is 31.9 Å². The average molecular weight is 351 g/mol. The number of hydrogen-bond donors (Lipinski definition) is 2. The van der Waals surface area contributed by atoms with Crippen LogP contribution in [-0.2, 0) is 0 Å². The highest BCUT2D eigenvalue weighted by molar-refractivity contribution is 9.11. The van der Waals surface area contributed by atoms with Crippen LogP contribution in [0, 0.1) is 0 Å². The molecule has 1 rings (SSSR count). The molecule has 0 aromatic heterocycles. The van der Waals surface area contributed by atoms with Gasteiger partial charge in [0.15, 0.2) is 0 Å². The Morgan fingerprint density at radius 1 is 1.38 bits per heavy atom. The predicted molar refractivity (Wildman–Crippen MR) is 74.3 cm³/mol. The zero-order chi connectivity index (χ0) is 12.1. The van der Waals surface area contributed by atoms with E-state index in [9.17, 15) is 5.11 Å². The Bertz CT molecular complexity index is 344. The molecule has 0 saturated heterocycles. The molecule has 3 N–H and O–H groups in total. The largest absolute Gasteiger partial charge is 0.391 e. The first-order chi connectivity index (χ1) is 7.56. The van der Waals surface area contributed by atoms with Crippen molar-refractivity contribution >= 4 is 31.9 Å². The van der Waals surface area contributed by atoms with Crippen molar-refractivity contribution in [1.82, 2.24) is 0 Å². The van der Waals surface area contributed by atoms with Crippen molar-refractivity contribution in [3.8, 4) is 0 Å². The smallest absolute Gasteiger partial charge is 0.0733 e. The monoisotopic (exact) mass is 349 g/mol. The fourth-order valence-electron chi connectivity index (χ4n) is 1.57. The molecule has 0 saturated carbocycles. The third-order valence-electron chi connectivity index (χ3n) is 2.59. The lowest BCUT2D eigenvalue weighted by Gasteiger charge is -2.20. The lowest BCUT2D eigenvalue weighted by atomic mass is 9.98. The highest BCUT2D eigenvalue weighted by Gasteiger charge is 2.18. The Morgan fingerprint density at radius 3 is 2.69 bits per heavy atom. The van der Waals surface area contributed by atoms with E-state index in [1.807, 2.05) is 18.2 Å². The van der Waals surface area contributed by atoms with E-state index in [1.165, 1.54) is 0 Å². The van der Waals surface area contributed by atoms with E-state index in [4.69, 9.17) is 5.73 Å². The Hall–Kier alpha value is 0.1000. The van der Waals surface area contributed by atoms with Gasteiger partial charge in [0, 0.05) is 8.95 Å². The standard InChI is InChI=1S/C12H17Br2NO/c1-2-3-4-11(16)12(15)9-7-8(13)5-6-10(9)14/h5-7,11-12,16H,2-4,15H2,1H3/t11-,12+/m1/s1. The number of aliphatic hydroxyl groups is 1. The zero-order valence-electron chi connectivity index (χ0n) is 9.29. The molecule has 90 valence electrons. The van der Waals surface area contributed by atoms with E-state index < -0.39 is 6.10 Å². The molecule has 1 aromatic rings. The van der Waals surface area contributed by atoms with Crippen molar-refractivity contribution in [2.75, 3.05) is 0 Å². The molecule has 0 fully saturated rings. The molecule has 0 spiro atoms. The Morgan fingerprint density at radius 2 is 2.06 bits per heavy atom. The van der Waals surface area contributed by atoms with Gasteiger partial charge in [-0.2, -0.15) is 0 Å². The van der Waals surface area contributed by atoms with E-state index in [1.54, 1.807) is 0 Å². The number of hydrogen-bond acceptors (Lipinski definition) is 2. The van der Waals surface area contributed by atoms with Crippen molar-refractivity contribution in [2.45, 2.75) is 38.3 Å². The third kappa shape index (κ3) is 3.84. The molecule has 0 aliphatic carbocycles. The number of rotatable bonds is 5. The number of halogens is 2. The summed E-state index contributed by atoms with van der Waals surface area (Å²) in [6, 6.07) is 5.49. The topological polar surface area (TPSA) is 46.2 Å². The molecule has 0 amide bonds. The van der Waals surface area contributed by atoms with Gasteiger partial charge in [-0.25, -0.2) is 0 Å². The SMILES string of the molecule is CCCC[C@@H](O)[C@@H](N)c1cc(Br)ccc1Br. The van der Waals surface area contributed by atoms with Gasteiger partial charge in [-0.1, -0.05) is 51.6 Å². The van der Waals surface area contributed by atoms with Gasteiger partial charge in [-0.15, -0.1) is 0 Å². The number of unbranched alkanes of at least 4 members (excludes halogenated alkanes) is 1. The summed E-state index contributed by atoms with van der Waals surface area (Å²) in [4.78, 5) is 0. The molecular formula is C12H17Br2NO. The number of nitrogens with two attached hydrogens (primary N) is 1. The fourth-order valence-corrected chi connectivity index (χ4v) is 2.46. The molecule has 2 nitrogen and oxygen atoms in total. The molecular weight excluding hydrogens is 334 g/mol. The summed E-state index contributed by atoms with van der Waals surface area (Å²) >= 11 is 6.86. The summed E-state index contributed by atoms with van der Waals surface area (Å²) in [6.07, 6.45) is 2.34. The molecule has 16 heavy (non-hydrogen) atoms. The molecule has 0 unspecified atom stereocenters. The predicted octanol–water partition coefficient (Wildman–Crippen LogP) is 3.76. The summed E-state index contributed by atoms with van der Waals surface area (Å²) in [5.41, 5.74) is 6.99. The molecule has 0 heterocycles. The Labute approximate surface area is 113 Å². The van der Waals surface area contributed by atoms with Gasteiger partial charge in [-0.05, 0) is 30.2 Å². The van der Waals surface area contributed by atoms with Gasteiger partial charge in [0.2, 0.25) is 0 Å². The highest BCUT2D eigenvalue weighted by atomic mass is 79.9. The van der Waals surface area contributed by atoms with Crippen molar-refractivity contribution in [1.29, 1.82) is 0 Å². The lowest BCUT2D eigenvalue weighted by molar-refractivity contribution is 0.132. The molecule has 0 aliphatic heterocycles. The van der Waals surface area contributed by atoms with Crippen LogP contribution in [0.4, 0.5) is 0 Å². The van der Waals surface area contributed by atoms with Gasteiger partial charge in [0.05, 0.1) is 12.1 Å². The van der Waals surface area contributed by atoms with Crippen molar-refractivity contribution in [2.24, 2.45) is 5.73 Å². The molecule has 4 heteroatoms. The minimum atomic E-state index is -0.481. The molecule has 1 aromatic carbocycles. The second kappa shape index (κ2) is 6.74. The zero-order valence-corrected chi connectivity index (χ0v) is 12.5. The van der Waals surface area contributed by atoms with Crippen LogP contribution in [0.15, 0.2) is 27.1 Å². The fraction of sp³-hybridized carbons (Fsp3) is 0.500. The van der Waals surface area contributed by atoms with Gasteiger partial charge in [0.1, 0.15) is 0 Å². The van der Waals surface area contributed by atoms with E-state index in [-0.39, 0.29) is 6.04 Å². The van der Waals surface area contributed by atoms with Crippen molar-refractivity contribution in [3.63, 3.8) is 0 Å². The number of benzene rings is 1. The quantitative estimate of drug-likeness (QED) is 0.849. The van der Waals surface area contributed by atoms with Gasteiger partial charge >= 0.3 is 0 Å². The molecule has 0 bridgehead atoms. The van der Waals surface area contributed by atoms with Crippen molar-refractivity contribution in [3.05, 3.63) is 32.7 Å². The van der Waals surface area contributed by atoms with E-state index >= 15 is 0 Å². The van der Waals surface area contributed by atoms with E-state index in [2.05, 4.69) is 38.8 Å². The highest BCUT2D eigenvalue weighted by Crippen LogP contribution is 2.28. The van der Waals surface area contributed by atoms with Crippen LogP contribution in [0.2, 0.25) is 0 Å². The lowest BCUT2D eigenvalue weighted by Crippen LogP contribution is -2.26. The minimum Gasteiger partial charge on any atom is -0.391 e. The second-order valence-electron chi connectivity index (χ2n) is 3.90. The van der Waals surface area contributed by atoms with Crippen LogP contribution in [0.3, 0.4) is 0 Å². The Kier molecular flexibility index (Phi) is 5.97. The molecule has 0 aliphatic rings. The maximum Gasteiger partial charge on any atom is 0.0733 e. The van der Waals surface area contributed by atoms with Crippen LogP contribution < -0.4 is 5.73 Å². The van der Waals surface area contributed by atoms with Crippen LogP contribution in [0.1, 0.15) is 37.8 Å². The maximum absolute atomic E-state index is 9.96. The van der Waals surface area contributed by atoms with E-state index in [0.717, 1.165) is 33.8 Å².